The molecule has 1 aliphatic rings. The Balaban J connectivity index is 2.93. The van der Waals surface area contributed by atoms with Gasteiger partial charge in [0.15, 0.2) is 0 Å². The zero-order valence-electron chi connectivity index (χ0n) is 19.6. The van der Waals surface area contributed by atoms with Crippen LogP contribution in [0.1, 0.15) is 120 Å². The Bertz CT molecular complexity index is 412. The SMILES string of the molecule is CCCC(C)(CC)OOC1(OOC(C)(CC)CCC)CCC(C)(C)C(C)C1. The highest BCUT2D eigenvalue weighted by molar-refractivity contribution is 4.88. The maximum absolute atomic E-state index is 6.11. The van der Waals surface area contributed by atoms with Gasteiger partial charge in [0.05, 0.1) is 0 Å². The van der Waals surface area contributed by atoms with E-state index in [0.717, 1.165) is 57.8 Å². The van der Waals surface area contributed by atoms with Gasteiger partial charge in [-0.25, -0.2) is 9.78 Å². The maximum atomic E-state index is 6.11. The molecule has 162 valence electrons. The third-order valence-corrected chi connectivity index (χ3v) is 6.94. The summed E-state index contributed by atoms with van der Waals surface area (Å²) in [7, 11) is 0. The van der Waals surface area contributed by atoms with Crippen LogP contribution in [0.2, 0.25) is 0 Å². The average molecular weight is 387 g/mol. The molecule has 27 heavy (non-hydrogen) atoms. The summed E-state index contributed by atoms with van der Waals surface area (Å²) in [6, 6.07) is 0. The van der Waals surface area contributed by atoms with E-state index in [1.807, 2.05) is 0 Å². The molecule has 0 heterocycles. The second kappa shape index (κ2) is 10.0. The highest BCUT2D eigenvalue weighted by Gasteiger charge is 2.48. The van der Waals surface area contributed by atoms with E-state index in [0.29, 0.717) is 5.92 Å². The van der Waals surface area contributed by atoms with Crippen LogP contribution in [-0.2, 0) is 19.6 Å². The lowest BCUT2D eigenvalue weighted by atomic mass is 9.68. The minimum atomic E-state index is -0.830. The normalized spacial score (nSPS) is 29.9. The smallest absolute Gasteiger partial charge is 0.227 e. The molecular weight excluding hydrogens is 340 g/mol. The van der Waals surface area contributed by atoms with Crippen molar-refractivity contribution in [2.45, 2.75) is 137 Å². The Labute approximate surface area is 168 Å². The van der Waals surface area contributed by atoms with Gasteiger partial charge in [-0.1, -0.05) is 61.3 Å². The van der Waals surface area contributed by atoms with E-state index in [1.165, 1.54) is 0 Å². The lowest BCUT2D eigenvalue weighted by Crippen LogP contribution is -2.49. The standard InChI is InChI=1S/C23H46O4/c1-10-14-21(8,12-3)24-26-23(17-16-20(6,7)19(5)18-23)27-25-22(9,13-4)15-11-2/h19H,10-18H2,1-9H3. The molecule has 0 saturated heterocycles. The van der Waals surface area contributed by atoms with Gasteiger partial charge in [-0.05, 0) is 57.3 Å². The van der Waals surface area contributed by atoms with Crippen molar-refractivity contribution in [1.29, 1.82) is 0 Å². The van der Waals surface area contributed by atoms with Gasteiger partial charge in [-0.2, -0.15) is 9.78 Å². The minimum absolute atomic E-state index is 0.269. The predicted molar refractivity (Wildman–Crippen MR) is 111 cm³/mol. The van der Waals surface area contributed by atoms with Crippen LogP contribution in [0.3, 0.4) is 0 Å². The van der Waals surface area contributed by atoms with Crippen molar-refractivity contribution in [3.05, 3.63) is 0 Å². The molecule has 0 spiro atoms. The van der Waals surface area contributed by atoms with Crippen LogP contribution >= 0.6 is 0 Å². The van der Waals surface area contributed by atoms with Crippen LogP contribution in [-0.4, -0.2) is 17.0 Å². The fourth-order valence-corrected chi connectivity index (χ4v) is 3.73. The van der Waals surface area contributed by atoms with Crippen LogP contribution in [0.25, 0.3) is 0 Å². The lowest BCUT2D eigenvalue weighted by Gasteiger charge is -2.47. The quantitative estimate of drug-likeness (QED) is 0.199. The first-order chi connectivity index (χ1) is 12.5. The van der Waals surface area contributed by atoms with Crippen LogP contribution < -0.4 is 0 Å². The van der Waals surface area contributed by atoms with Crippen LogP contribution in [0.4, 0.5) is 0 Å². The van der Waals surface area contributed by atoms with Gasteiger partial charge in [-0.15, -0.1) is 0 Å². The minimum Gasteiger partial charge on any atom is -0.227 e. The predicted octanol–water partition coefficient (Wildman–Crippen LogP) is 7.36. The van der Waals surface area contributed by atoms with E-state index < -0.39 is 5.79 Å². The van der Waals surface area contributed by atoms with Gasteiger partial charge in [0, 0.05) is 12.8 Å². The molecule has 1 aliphatic carbocycles. The van der Waals surface area contributed by atoms with E-state index in [4.69, 9.17) is 19.6 Å². The zero-order chi connectivity index (χ0) is 20.8. The molecule has 0 aromatic rings. The van der Waals surface area contributed by atoms with E-state index in [1.54, 1.807) is 0 Å². The Morgan fingerprint density at radius 2 is 1.26 bits per heavy atom. The average Bonchev–Trinajstić information content (AvgIpc) is 2.62. The summed E-state index contributed by atoms with van der Waals surface area (Å²) < 4.78 is 0. The summed E-state index contributed by atoms with van der Waals surface area (Å²) >= 11 is 0. The van der Waals surface area contributed by atoms with Crippen molar-refractivity contribution < 1.29 is 19.6 Å². The zero-order valence-corrected chi connectivity index (χ0v) is 19.6. The number of hydrogen-bond donors (Lipinski definition) is 0. The van der Waals surface area contributed by atoms with Crippen molar-refractivity contribution >= 4 is 0 Å². The van der Waals surface area contributed by atoms with Gasteiger partial charge in [0.2, 0.25) is 5.79 Å². The third kappa shape index (κ3) is 6.99. The summed E-state index contributed by atoms with van der Waals surface area (Å²) in [4.78, 5) is 24.3. The van der Waals surface area contributed by atoms with Gasteiger partial charge >= 0.3 is 0 Å². The molecule has 0 radical (unpaired) electrons. The van der Waals surface area contributed by atoms with Crippen LogP contribution in [0.15, 0.2) is 0 Å². The highest BCUT2D eigenvalue weighted by atomic mass is 17.3. The van der Waals surface area contributed by atoms with Gasteiger partial charge in [-0.3, -0.25) is 0 Å². The molecular formula is C23H46O4. The Morgan fingerprint density at radius 3 is 1.59 bits per heavy atom. The summed E-state index contributed by atoms with van der Waals surface area (Å²) in [5.74, 6) is -0.375. The van der Waals surface area contributed by atoms with E-state index in [-0.39, 0.29) is 16.6 Å². The molecule has 1 fully saturated rings. The molecule has 3 unspecified atom stereocenters. The van der Waals surface area contributed by atoms with Gasteiger partial charge < -0.3 is 0 Å². The lowest BCUT2D eigenvalue weighted by molar-refractivity contribution is -0.554. The summed E-state index contributed by atoms with van der Waals surface area (Å²) in [5, 5.41) is 0. The molecule has 4 nitrogen and oxygen atoms in total. The molecule has 0 aliphatic heterocycles. The first-order valence-corrected chi connectivity index (χ1v) is 11.2. The topological polar surface area (TPSA) is 36.9 Å². The van der Waals surface area contributed by atoms with Gasteiger partial charge in [0.25, 0.3) is 0 Å². The Hall–Kier alpha value is -0.160. The largest absolute Gasteiger partial charge is 0.234 e. The van der Waals surface area contributed by atoms with Crippen molar-refractivity contribution in [3.63, 3.8) is 0 Å². The monoisotopic (exact) mass is 386 g/mol. The van der Waals surface area contributed by atoms with E-state index in [9.17, 15) is 0 Å². The number of rotatable bonds is 12. The Morgan fingerprint density at radius 1 is 0.815 bits per heavy atom. The van der Waals surface area contributed by atoms with Crippen molar-refractivity contribution in [1.82, 2.24) is 0 Å². The van der Waals surface area contributed by atoms with Crippen molar-refractivity contribution in [2.75, 3.05) is 0 Å². The third-order valence-electron chi connectivity index (χ3n) is 6.94. The summed E-state index contributed by atoms with van der Waals surface area (Å²) in [6.07, 6.45) is 8.43. The molecule has 4 heteroatoms. The summed E-state index contributed by atoms with van der Waals surface area (Å²) in [5.41, 5.74) is -0.317. The van der Waals surface area contributed by atoms with Gasteiger partial charge in [0.1, 0.15) is 11.2 Å². The fourth-order valence-electron chi connectivity index (χ4n) is 3.73. The van der Waals surface area contributed by atoms with E-state index >= 15 is 0 Å². The molecule has 0 aromatic heterocycles. The Kier molecular flexibility index (Phi) is 9.26. The summed E-state index contributed by atoms with van der Waals surface area (Å²) in [6.45, 7) is 19.8. The molecule has 1 rings (SSSR count). The first-order valence-electron chi connectivity index (χ1n) is 11.2. The highest BCUT2D eigenvalue weighted by Crippen LogP contribution is 2.48. The van der Waals surface area contributed by atoms with Crippen LogP contribution in [0, 0.1) is 11.3 Å². The second-order valence-electron chi connectivity index (χ2n) is 9.94. The fraction of sp³-hybridized carbons (Fsp3) is 1.00. The first kappa shape index (κ1) is 24.9. The molecule has 0 N–H and O–H groups in total. The molecule has 3 atom stereocenters. The number of hydrogen-bond acceptors (Lipinski definition) is 4. The second-order valence-corrected chi connectivity index (χ2v) is 9.94. The maximum Gasteiger partial charge on any atom is 0.234 e. The molecule has 0 bridgehead atoms. The molecule has 0 amide bonds. The molecule has 0 aromatic carbocycles. The van der Waals surface area contributed by atoms with Crippen LogP contribution in [0.5, 0.6) is 0 Å². The van der Waals surface area contributed by atoms with Crippen molar-refractivity contribution in [2.24, 2.45) is 11.3 Å². The van der Waals surface area contributed by atoms with E-state index in [2.05, 4.69) is 62.3 Å². The van der Waals surface area contributed by atoms with Crippen molar-refractivity contribution in [3.8, 4) is 0 Å². The molecule has 1 saturated carbocycles.